The number of hydrogen-bond acceptors (Lipinski definition) is 7. The van der Waals surface area contributed by atoms with E-state index in [0.29, 0.717) is 27.2 Å². The maximum absolute atomic E-state index is 14.7. The molecule has 2 aromatic rings. The maximum Gasteiger partial charge on any atom is 0.310 e. The summed E-state index contributed by atoms with van der Waals surface area (Å²) in [7, 11) is 0. The first kappa shape index (κ1) is 18.1. The summed E-state index contributed by atoms with van der Waals surface area (Å²) in [4.78, 5) is 12.2. The number of amidine groups is 2. The lowest BCUT2D eigenvalue weighted by atomic mass is 9.84. The van der Waals surface area contributed by atoms with Crippen molar-refractivity contribution in [3.05, 3.63) is 44.6 Å². The largest absolute Gasteiger partial charge is 0.459 e. The Morgan fingerprint density at radius 3 is 2.85 bits per heavy atom. The molecule has 0 radical (unpaired) electrons. The van der Waals surface area contributed by atoms with Gasteiger partial charge in [-0.1, -0.05) is 11.6 Å². The first-order valence-electron chi connectivity index (χ1n) is 7.81. The van der Waals surface area contributed by atoms with Crippen LogP contribution in [0.3, 0.4) is 0 Å². The number of benzene rings is 1. The Hall–Kier alpha value is -2.33. The van der Waals surface area contributed by atoms with E-state index >= 15 is 0 Å². The molecule has 0 aliphatic carbocycles. The minimum Gasteiger partial charge on any atom is -0.459 e. The van der Waals surface area contributed by atoms with Gasteiger partial charge in [0.1, 0.15) is 11.5 Å². The Morgan fingerprint density at radius 1 is 1.37 bits per heavy atom. The molecular weight excluding hydrogens is 403 g/mol. The first-order chi connectivity index (χ1) is 12.7. The van der Waals surface area contributed by atoms with E-state index in [1.54, 1.807) is 5.38 Å². The number of halogens is 4. The van der Waals surface area contributed by atoms with Crippen LogP contribution < -0.4 is 11.1 Å². The van der Waals surface area contributed by atoms with Gasteiger partial charge in [-0.3, -0.25) is 4.99 Å². The van der Waals surface area contributed by atoms with Crippen molar-refractivity contribution in [2.45, 2.75) is 24.9 Å². The van der Waals surface area contributed by atoms with E-state index in [1.165, 1.54) is 23.5 Å². The molecule has 11 heteroatoms. The van der Waals surface area contributed by atoms with Crippen LogP contribution in [-0.2, 0) is 16.8 Å². The summed E-state index contributed by atoms with van der Waals surface area (Å²) >= 11 is 7.08. The molecule has 4 rings (SSSR count). The van der Waals surface area contributed by atoms with Gasteiger partial charge in [-0.05, 0) is 19.1 Å². The molecule has 27 heavy (non-hydrogen) atoms. The van der Waals surface area contributed by atoms with Crippen LogP contribution >= 0.6 is 22.9 Å². The van der Waals surface area contributed by atoms with E-state index < -0.39 is 29.9 Å². The molecule has 142 valence electrons. The summed E-state index contributed by atoms with van der Waals surface area (Å²) < 4.78 is 48.8. The summed E-state index contributed by atoms with van der Waals surface area (Å²) in [6.45, 7) is 0.323. The number of fused-ring (bicyclic) bond motifs is 1. The van der Waals surface area contributed by atoms with Crippen molar-refractivity contribution in [2.24, 2.45) is 15.7 Å². The molecule has 0 saturated heterocycles. The summed E-state index contributed by atoms with van der Waals surface area (Å²) in [6, 6.07) is 2.07. The average Bonchev–Trinajstić information content (AvgIpc) is 3.04. The van der Waals surface area contributed by atoms with Crippen LogP contribution in [0.4, 0.5) is 18.9 Å². The average molecular weight is 416 g/mol. The van der Waals surface area contributed by atoms with E-state index in [9.17, 15) is 13.2 Å². The van der Waals surface area contributed by atoms with Crippen LogP contribution in [-0.4, -0.2) is 29.4 Å². The van der Waals surface area contributed by atoms with Gasteiger partial charge in [-0.2, -0.15) is 8.78 Å². The highest BCUT2D eigenvalue weighted by Gasteiger charge is 2.56. The lowest BCUT2D eigenvalue weighted by Crippen LogP contribution is -2.51. The smallest absolute Gasteiger partial charge is 0.310 e. The number of nitrogens with two attached hydrogens (primary N) is 1. The van der Waals surface area contributed by atoms with Crippen LogP contribution in [0.5, 0.6) is 0 Å². The quantitative estimate of drug-likeness (QED) is 0.786. The molecule has 1 aromatic heterocycles. The number of alkyl halides is 2. The number of anilines is 1. The number of aliphatic imine (C=N–C) groups is 2. The lowest BCUT2D eigenvalue weighted by molar-refractivity contribution is -0.117. The molecule has 3 N–H and O–H groups in total. The van der Waals surface area contributed by atoms with E-state index in [0.717, 1.165) is 6.92 Å². The number of nitrogens with one attached hydrogen (secondary N) is 1. The number of thiazole rings is 1. The minimum atomic E-state index is -3.45. The SMILES string of the molecule is C[C@]1(c2cc3c(cc2F)CN=C(c2csc(Cl)n2)N3)N=C(N)OCC1(F)F. The predicted molar refractivity (Wildman–Crippen MR) is 97.3 cm³/mol. The third-order valence-electron chi connectivity index (χ3n) is 4.54. The van der Waals surface area contributed by atoms with Crippen molar-refractivity contribution in [1.29, 1.82) is 0 Å². The molecule has 1 atom stereocenters. The molecule has 0 bridgehead atoms. The van der Waals surface area contributed by atoms with Gasteiger partial charge in [-0.25, -0.2) is 14.4 Å². The summed E-state index contributed by atoms with van der Waals surface area (Å²) in [5.41, 5.74) is 4.47. The van der Waals surface area contributed by atoms with Crippen LogP contribution in [0.25, 0.3) is 0 Å². The van der Waals surface area contributed by atoms with E-state index in [-0.39, 0.29) is 12.1 Å². The van der Waals surface area contributed by atoms with Crippen molar-refractivity contribution in [2.75, 3.05) is 11.9 Å². The molecule has 2 aliphatic heterocycles. The van der Waals surface area contributed by atoms with Crippen LogP contribution in [0.1, 0.15) is 23.7 Å². The normalized spacial score (nSPS) is 23.6. The topological polar surface area (TPSA) is 84.9 Å². The summed E-state index contributed by atoms with van der Waals surface area (Å²) in [5, 5.41) is 4.71. The van der Waals surface area contributed by atoms with Crippen molar-refractivity contribution in [3.8, 4) is 0 Å². The number of rotatable bonds is 2. The monoisotopic (exact) mass is 415 g/mol. The fraction of sp³-hybridized carbons (Fsp3) is 0.312. The van der Waals surface area contributed by atoms with E-state index in [4.69, 9.17) is 17.3 Å². The maximum atomic E-state index is 14.7. The van der Waals surface area contributed by atoms with E-state index in [1.807, 2.05) is 0 Å². The Labute approximate surface area is 160 Å². The molecule has 0 fully saturated rings. The predicted octanol–water partition coefficient (Wildman–Crippen LogP) is 3.50. The second-order valence-electron chi connectivity index (χ2n) is 6.28. The summed E-state index contributed by atoms with van der Waals surface area (Å²) in [6.07, 6.45) is 0. The van der Waals surface area contributed by atoms with Crippen molar-refractivity contribution >= 4 is 40.5 Å². The molecule has 0 saturated carbocycles. The highest BCUT2D eigenvalue weighted by molar-refractivity contribution is 7.14. The molecule has 0 unspecified atom stereocenters. The van der Waals surface area contributed by atoms with Crippen LogP contribution in [0.15, 0.2) is 27.5 Å². The number of nitrogens with zero attached hydrogens (tertiary/aromatic N) is 3. The highest BCUT2D eigenvalue weighted by atomic mass is 35.5. The Bertz CT molecular complexity index is 992. The molecule has 1 aromatic carbocycles. The zero-order chi connectivity index (χ0) is 19.4. The van der Waals surface area contributed by atoms with Gasteiger partial charge in [-0.15, -0.1) is 11.3 Å². The fourth-order valence-electron chi connectivity index (χ4n) is 2.97. The van der Waals surface area contributed by atoms with Crippen molar-refractivity contribution in [3.63, 3.8) is 0 Å². The highest BCUT2D eigenvalue weighted by Crippen LogP contribution is 2.45. The van der Waals surface area contributed by atoms with Gasteiger partial charge < -0.3 is 15.8 Å². The second-order valence-corrected chi connectivity index (χ2v) is 7.72. The first-order valence-corrected chi connectivity index (χ1v) is 9.07. The molecule has 2 aliphatic rings. The zero-order valence-corrected chi connectivity index (χ0v) is 15.5. The second kappa shape index (κ2) is 6.10. The van der Waals surface area contributed by atoms with Crippen molar-refractivity contribution in [1.82, 2.24) is 4.98 Å². The zero-order valence-electron chi connectivity index (χ0n) is 13.9. The third-order valence-corrected chi connectivity index (χ3v) is 5.52. The van der Waals surface area contributed by atoms with Gasteiger partial charge in [0.15, 0.2) is 22.4 Å². The van der Waals surface area contributed by atoms with Gasteiger partial charge in [0.05, 0.1) is 6.54 Å². The molecule has 0 spiro atoms. The summed E-state index contributed by atoms with van der Waals surface area (Å²) in [5.74, 6) is -3.83. The van der Waals surface area contributed by atoms with Crippen molar-refractivity contribution < 1.29 is 17.9 Å². The number of aromatic nitrogens is 1. The minimum absolute atomic E-state index is 0.172. The molecule has 0 amide bonds. The van der Waals surface area contributed by atoms with E-state index in [2.05, 4.69) is 25.0 Å². The molecule has 3 heterocycles. The van der Waals surface area contributed by atoms with Crippen LogP contribution in [0.2, 0.25) is 4.47 Å². The third kappa shape index (κ3) is 2.92. The Kier molecular flexibility index (Phi) is 4.08. The van der Waals surface area contributed by atoms with Gasteiger partial charge >= 0.3 is 5.92 Å². The van der Waals surface area contributed by atoms with Crippen LogP contribution in [0, 0.1) is 5.82 Å². The Morgan fingerprint density at radius 2 is 2.15 bits per heavy atom. The molecular formula is C16H13ClF3N5OS. The lowest BCUT2D eigenvalue weighted by Gasteiger charge is -2.38. The van der Waals surface area contributed by atoms with Gasteiger partial charge in [0, 0.05) is 22.2 Å². The number of hydrogen-bond donors (Lipinski definition) is 2. The molecule has 6 nitrogen and oxygen atoms in total. The van der Waals surface area contributed by atoms with Gasteiger partial charge in [0.25, 0.3) is 6.02 Å². The van der Waals surface area contributed by atoms with Gasteiger partial charge in [0.2, 0.25) is 0 Å². The Balaban J connectivity index is 1.77. The number of ether oxygens (including phenoxy) is 1. The standard InChI is InChI=1S/C16H13ClF3N5OS/c1-15(16(19,20)6-26-14(21)25-15)8-3-10-7(2-9(8)18)4-22-12(23-10)11-5-27-13(17)24-11/h2-3,5H,4,6H2,1H3,(H2,21,25)(H,22,23)/t15-/m1/s1. The fourth-order valence-corrected chi connectivity index (χ4v) is 3.72.